The van der Waals surface area contributed by atoms with E-state index in [1.807, 2.05) is 12.2 Å². The molecule has 0 saturated heterocycles. The van der Waals surface area contributed by atoms with Gasteiger partial charge < -0.3 is 20.7 Å². The quantitative estimate of drug-likeness (QED) is 0.229. The monoisotopic (exact) mass is 431 g/mol. The lowest BCUT2D eigenvalue weighted by atomic mass is 10.1. The van der Waals surface area contributed by atoms with Crippen LogP contribution in [0.1, 0.15) is 58.8 Å². The van der Waals surface area contributed by atoms with Gasteiger partial charge in [0.25, 0.3) is 0 Å². The SMILES string of the molecule is CC/C=C\C/C=C(/C)C/C=C\C/C=C\C/C=C\C/C=C\CC(=O)OCC(N)(CO)CO. The Labute approximate surface area is 188 Å². The lowest BCUT2D eigenvalue weighted by molar-refractivity contribution is -0.145. The number of aliphatic hydroxyl groups excluding tert-OH is 2. The number of carbonyl (C=O) groups excluding carboxylic acids is 1. The lowest BCUT2D eigenvalue weighted by Crippen LogP contribution is -2.51. The third-order valence-corrected chi connectivity index (χ3v) is 4.36. The summed E-state index contributed by atoms with van der Waals surface area (Å²) in [5.41, 5.74) is 5.74. The number of carbonyl (C=O) groups is 1. The molecule has 0 heterocycles. The number of hydrogen-bond donors (Lipinski definition) is 3. The molecule has 0 spiro atoms. The Balaban J connectivity index is 3.82. The lowest BCUT2D eigenvalue weighted by Gasteiger charge is -2.23. The second kappa shape index (κ2) is 19.7. The fourth-order valence-corrected chi connectivity index (χ4v) is 2.30. The average Bonchev–Trinajstić information content (AvgIpc) is 2.78. The highest BCUT2D eigenvalue weighted by molar-refractivity contribution is 5.71. The maximum absolute atomic E-state index is 11.6. The maximum atomic E-state index is 11.6. The summed E-state index contributed by atoms with van der Waals surface area (Å²) in [5, 5.41) is 18.1. The molecule has 5 heteroatoms. The summed E-state index contributed by atoms with van der Waals surface area (Å²) in [4.78, 5) is 11.6. The van der Waals surface area contributed by atoms with Gasteiger partial charge in [-0.05, 0) is 45.4 Å². The van der Waals surface area contributed by atoms with Gasteiger partial charge in [0.15, 0.2) is 0 Å². The van der Waals surface area contributed by atoms with Crippen molar-refractivity contribution < 1.29 is 19.7 Å². The topological polar surface area (TPSA) is 92.8 Å². The standard InChI is InChI=1S/C26H41NO4/c1-3-4-5-15-18-24(2)19-16-13-11-9-7-6-8-10-12-14-17-20-25(30)31-23-26(27,21-28)22-29/h4-5,7-10,13-14,16-18,28-29H,3,6,11-12,15,19-23,27H2,1-2H3/b5-4-,9-7-,10-8-,16-13-,17-14-,24-18-. The molecule has 31 heavy (non-hydrogen) atoms. The molecule has 0 aliphatic rings. The molecule has 0 atom stereocenters. The van der Waals surface area contributed by atoms with Crippen molar-refractivity contribution in [3.8, 4) is 0 Å². The van der Waals surface area contributed by atoms with E-state index in [1.54, 1.807) is 6.08 Å². The van der Waals surface area contributed by atoms with E-state index in [0.29, 0.717) is 0 Å². The molecule has 0 aromatic carbocycles. The van der Waals surface area contributed by atoms with E-state index in [4.69, 9.17) is 20.7 Å². The number of rotatable bonds is 17. The number of nitrogens with two attached hydrogens (primary N) is 1. The molecule has 0 radical (unpaired) electrons. The van der Waals surface area contributed by atoms with Crippen molar-refractivity contribution >= 4 is 5.97 Å². The average molecular weight is 432 g/mol. The number of hydrogen-bond acceptors (Lipinski definition) is 5. The van der Waals surface area contributed by atoms with Gasteiger partial charge in [0, 0.05) is 0 Å². The summed E-state index contributed by atoms with van der Waals surface area (Å²) in [6.45, 7) is 3.21. The van der Waals surface area contributed by atoms with Crippen LogP contribution in [0.4, 0.5) is 0 Å². The van der Waals surface area contributed by atoms with Crippen LogP contribution in [-0.2, 0) is 9.53 Å². The summed E-state index contributed by atoms with van der Waals surface area (Å²) in [5.74, 6) is -0.438. The molecule has 0 saturated carbocycles. The van der Waals surface area contributed by atoms with E-state index >= 15 is 0 Å². The molecule has 174 valence electrons. The zero-order valence-electron chi connectivity index (χ0n) is 19.2. The van der Waals surface area contributed by atoms with Crippen molar-refractivity contribution in [2.75, 3.05) is 19.8 Å². The van der Waals surface area contributed by atoms with Gasteiger partial charge in [-0.2, -0.15) is 0 Å². The summed E-state index contributed by atoms with van der Waals surface area (Å²) >= 11 is 0. The normalized spacial score (nSPS) is 13.6. The van der Waals surface area contributed by atoms with Gasteiger partial charge in [-0.3, -0.25) is 4.79 Å². The van der Waals surface area contributed by atoms with Crippen LogP contribution in [-0.4, -0.2) is 41.5 Å². The molecule has 0 bridgehead atoms. The fraction of sp³-hybridized carbons (Fsp3) is 0.500. The Morgan fingerprint density at radius 2 is 1.29 bits per heavy atom. The van der Waals surface area contributed by atoms with Gasteiger partial charge in [0.2, 0.25) is 0 Å². The van der Waals surface area contributed by atoms with E-state index in [2.05, 4.69) is 62.5 Å². The zero-order chi connectivity index (χ0) is 23.2. The molecule has 5 nitrogen and oxygen atoms in total. The minimum absolute atomic E-state index is 0.136. The third-order valence-electron chi connectivity index (χ3n) is 4.36. The Hall–Kier alpha value is -2.21. The Kier molecular flexibility index (Phi) is 18.3. The van der Waals surface area contributed by atoms with E-state index < -0.39 is 24.7 Å². The predicted octanol–water partition coefficient (Wildman–Crippen LogP) is 4.69. The molecule has 0 rings (SSSR count). The smallest absolute Gasteiger partial charge is 0.309 e. The summed E-state index contributed by atoms with van der Waals surface area (Å²) in [6.07, 6.45) is 29.0. The number of allylic oxidation sites excluding steroid dienone is 11. The zero-order valence-corrected chi connectivity index (χ0v) is 19.2. The minimum atomic E-state index is -1.28. The fourth-order valence-electron chi connectivity index (χ4n) is 2.30. The summed E-state index contributed by atoms with van der Waals surface area (Å²) < 4.78 is 4.95. The van der Waals surface area contributed by atoms with Gasteiger partial charge in [-0.1, -0.05) is 79.3 Å². The van der Waals surface area contributed by atoms with Crippen LogP contribution in [0.15, 0.2) is 72.4 Å². The van der Waals surface area contributed by atoms with Crippen molar-refractivity contribution in [1.29, 1.82) is 0 Å². The predicted molar refractivity (Wildman–Crippen MR) is 129 cm³/mol. The molecule has 0 amide bonds. The van der Waals surface area contributed by atoms with Crippen LogP contribution in [0.3, 0.4) is 0 Å². The highest BCUT2D eigenvalue weighted by atomic mass is 16.5. The largest absolute Gasteiger partial charge is 0.463 e. The highest BCUT2D eigenvalue weighted by Gasteiger charge is 2.24. The second-order valence-electron chi connectivity index (χ2n) is 7.51. The summed E-state index contributed by atoms with van der Waals surface area (Å²) in [7, 11) is 0. The van der Waals surface area contributed by atoms with Crippen molar-refractivity contribution in [3.05, 3.63) is 72.4 Å². The second-order valence-corrected chi connectivity index (χ2v) is 7.51. The first-order valence-corrected chi connectivity index (χ1v) is 11.0. The summed E-state index contributed by atoms with van der Waals surface area (Å²) in [6, 6.07) is 0. The van der Waals surface area contributed by atoms with Crippen molar-refractivity contribution in [3.63, 3.8) is 0 Å². The maximum Gasteiger partial charge on any atom is 0.309 e. The van der Waals surface area contributed by atoms with Crippen LogP contribution in [0.2, 0.25) is 0 Å². The van der Waals surface area contributed by atoms with Gasteiger partial charge in [0.05, 0.1) is 25.2 Å². The molecule has 0 unspecified atom stereocenters. The number of aliphatic hydroxyl groups is 2. The van der Waals surface area contributed by atoms with Gasteiger partial charge >= 0.3 is 5.97 Å². The third kappa shape index (κ3) is 18.3. The molecule has 4 N–H and O–H groups in total. The van der Waals surface area contributed by atoms with Gasteiger partial charge in [-0.15, -0.1) is 0 Å². The molecule has 0 aromatic rings. The van der Waals surface area contributed by atoms with Crippen LogP contribution >= 0.6 is 0 Å². The first kappa shape index (κ1) is 28.8. The molecular weight excluding hydrogens is 390 g/mol. The van der Waals surface area contributed by atoms with Crippen molar-refractivity contribution in [1.82, 2.24) is 0 Å². The van der Waals surface area contributed by atoms with E-state index in [9.17, 15) is 4.79 Å². The Bertz CT molecular complexity index is 638. The van der Waals surface area contributed by atoms with E-state index in [-0.39, 0.29) is 13.0 Å². The van der Waals surface area contributed by atoms with Gasteiger partial charge in [0.1, 0.15) is 6.61 Å². The van der Waals surface area contributed by atoms with Crippen molar-refractivity contribution in [2.24, 2.45) is 5.73 Å². The molecule has 0 aliphatic carbocycles. The van der Waals surface area contributed by atoms with Crippen LogP contribution < -0.4 is 5.73 Å². The molecule has 0 fully saturated rings. The van der Waals surface area contributed by atoms with E-state index in [0.717, 1.165) is 38.5 Å². The highest BCUT2D eigenvalue weighted by Crippen LogP contribution is 2.04. The van der Waals surface area contributed by atoms with Crippen molar-refractivity contribution in [2.45, 2.75) is 64.3 Å². The molecular formula is C26H41NO4. The minimum Gasteiger partial charge on any atom is -0.463 e. The number of ether oxygens (including phenoxy) is 1. The number of esters is 1. The first-order valence-electron chi connectivity index (χ1n) is 11.0. The van der Waals surface area contributed by atoms with Gasteiger partial charge in [-0.25, -0.2) is 0 Å². The molecule has 0 aromatic heterocycles. The van der Waals surface area contributed by atoms with E-state index in [1.165, 1.54) is 5.57 Å². The van der Waals surface area contributed by atoms with Crippen LogP contribution in [0, 0.1) is 0 Å². The van der Waals surface area contributed by atoms with Crippen LogP contribution in [0.25, 0.3) is 0 Å². The Morgan fingerprint density at radius 1 is 0.806 bits per heavy atom. The molecule has 0 aliphatic heterocycles. The first-order chi connectivity index (χ1) is 15.0. The van der Waals surface area contributed by atoms with Crippen LogP contribution in [0.5, 0.6) is 0 Å². The Morgan fingerprint density at radius 3 is 1.81 bits per heavy atom.